The Morgan fingerprint density at radius 3 is 2.50 bits per heavy atom. The molecule has 0 bridgehead atoms. The molecular formula is C12H26NO4S+. The molecule has 0 fully saturated rings. The van der Waals surface area contributed by atoms with E-state index in [0.717, 1.165) is 32.0 Å². The number of esters is 1. The van der Waals surface area contributed by atoms with Crippen LogP contribution in [0.1, 0.15) is 26.7 Å². The van der Waals surface area contributed by atoms with E-state index in [1.54, 1.807) is 0 Å². The maximum atomic E-state index is 10.7. The van der Waals surface area contributed by atoms with Gasteiger partial charge in [0.2, 0.25) is 0 Å². The molecule has 2 unspecified atom stereocenters. The predicted octanol–water partition coefficient (Wildman–Crippen LogP) is 0.258. The fraction of sp³-hybridized carbons (Fsp3) is 0.750. The summed E-state index contributed by atoms with van der Waals surface area (Å²) in [5.74, 6) is -0.0675. The predicted molar refractivity (Wildman–Crippen MR) is 74.0 cm³/mol. The number of hydrogen-bond acceptors (Lipinski definition) is 3. The Labute approximate surface area is 112 Å². The number of unbranched alkanes of at least 4 members (excludes halogenated alkanes) is 1. The SMILES string of the molecule is C=CC(=O)OCC[NH+](C)CCCCS(=O)O.CC. The molecule has 0 aromatic rings. The van der Waals surface area contributed by atoms with Gasteiger partial charge in [-0.3, -0.25) is 0 Å². The summed E-state index contributed by atoms with van der Waals surface area (Å²) in [4.78, 5) is 12.0. The molecule has 0 aromatic carbocycles. The van der Waals surface area contributed by atoms with Gasteiger partial charge in [0.1, 0.15) is 13.2 Å². The van der Waals surface area contributed by atoms with Crippen molar-refractivity contribution in [1.29, 1.82) is 0 Å². The number of ether oxygens (including phenoxy) is 1. The molecule has 108 valence electrons. The number of hydrogen-bond donors (Lipinski definition) is 2. The highest BCUT2D eigenvalue weighted by molar-refractivity contribution is 7.79. The van der Waals surface area contributed by atoms with Gasteiger partial charge >= 0.3 is 5.97 Å². The summed E-state index contributed by atoms with van der Waals surface area (Å²) in [6, 6.07) is 0. The summed E-state index contributed by atoms with van der Waals surface area (Å²) in [5.41, 5.74) is 0. The summed E-state index contributed by atoms with van der Waals surface area (Å²) in [6.07, 6.45) is 2.78. The van der Waals surface area contributed by atoms with Crippen molar-refractivity contribution in [2.75, 3.05) is 32.5 Å². The van der Waals surface area contributed by atoms with Crippen LogP contribution in [0.4, 0.5) is 0 Å². The van der Waals surface area contributed by atoms with Crippen LogP contribution in [0, 0.1) is 0 Å². The molecule has 6 heteroatoms. The van der Waals surface area contributed by atoms with Gasteiger partial charge in [0.05, 0.1) is 13.6 Å². The van der Waals surface area contributed by atoms with E-state index in [9.17, 15) is 9.00 Å². The van der Waals surface area contributed by atoms with Crippen molar-refractivity contribution in [2.24, 2.45) is 0 Å². The molecule has 5 nitrogen and oxygen atoms in total. The van der Waals surface area contributed by atoms with E-state index in [1.807, 2.05) is 20.9 Å². The number of carbonyl (C=O) groups is 1. The summed E-state index contributed by atoms with van der Waals surface area (Å²) in [7, 11) is 2.00. The van der Waals surface area contributed by atoms with Crippen LogP contribution in [0.5, 0.6) is 0 Å². The highest BCUT2D eigenvalue weighted by Gasteiger charge is 2.04. The number of carbonyl (C=O) groups excluding carboxylic acids is 1. The Balaban J connectivity index is 0. The molecule has 0 aliphatic rings. The second-order valence-electron chi connectivity index (χ2n) is 3.56. The van der Waals surface area contributed by atoms with Crippen molar-refractivity contribution in [3.63, 3.8) is 0 Å². The first-order valence-electron chi connectivity index (χ1n) is 6.24. The number of likely N-dealkylation sites (N-methyl/N-ethyl adjacent to an activating group) is 1. The van der Waals surface area contributed by atoms with Gasteiger partial charge in [-0.2, -0.15) is 0 Å². The molecule has 0 saturated carbocycles. The fourth-order valence-corrected chi connectivity index (χ4v) is 1.61. The zero-order valence-corrected chi connectivity index (χ0v) is 12.4. The van der Waals surface area contributed by atoms with Gasteiger partial charge in [-0.25, -0.2) is 9.00 Å². The van der Waals surface area contributed by atoms with Crippen LogP contribution in [-0.4, -0.2) is 47.2 Å². The second-order valence-corrected chi connectivity index (χ2v) is 4.61. The topological polar surface area (TPSA) is 68.0 Å². The fourth-order valence-electron chi connectivity index (χ4n) is 1.16. The first-order chi connectivity index (χ1) is 8.56. The van der Waals surface area contributed by atoms with Gasteiger partial charge in [0.15, 0.2) is 11.1 Å². The van der Waals surface area contributed by atoms with Crippen molar-refractivity contribution in [2.45, 2.75) is 26.7 Å². The van der Waals surface area contributed by atoms with E-state index < -0.39 is 17.0 Å². The molecule has 0 aliphatic heterocycles. The third-order valence-corrected chi connectivity index (χ3v) is 2.75. The molecule has 0 heterocycles. The lowest BCUT2D eigenvalue weighted by Crippen LogP contribution is -3.09. The van der Waals surface area contributed by atoms with E-state index >= 15 is 0 Å². The normalized spacial score (nSPS) is 12.9. The van der Waals surface area contributed by atoms with E-state index in [-0.39, 0.29) is 0 Å². The van der Waals surface area contributed by atoms with E-state index in [0.29, 0.717) is 12.4 Å². The van der Waals surface area contributed by atoms with Gasteiger partial charge in [0.25, 0.3) is 0 Å². The standard InChI is InChI=1S/C10H19NO4S.C2H6/c1-3-10(12)15-8-7-11(2)6-4-5-9-16(13)14;1-2/h3H,1,4-9H2,2H3,(H,13,14);1-2H3/p+1. The van der Waals surface area contributed by atoms with E-state index in [1.165, 1.54) is 4.90 Å². The summed E-state index contributed by atoms with van der Waals surface area (Å²) < 4.78 is 23.7. The Hall–Kier alpha value is -0.720. The lowest BCUT2D eigenvalue weighted by atomic mass is 10.3. The Morgan fingerprint density at radius 2 is 2.00 bits per heavy atom. The van der Waals surface area contributed by atoms with E-state index in [2.05, 4.69) is 6.58 Å². The maximum absolute atomic E-state index is 10.7. The zero-order valence-electron chi connectivity index (χ0n) is 11.6. The van der Waals surface area contributed by atoms with Crippen LogP contribution in [0.25, 0.3) is 0 Å². The van der Waals surface area contributed by atoms with Crippen LogP contribution < -0.4 is 4.90 Å². The number of nitrogens with one attached hydrogen (secondary N) is 1. The number of rotatable bonds is 9. The van der Waals surface area contributed by atoms with Crippen LogP contribution in [0.2, 0.25) is 0 Å². The maximum Gasteiger partial charge on any atom is 0.330 e. The largest absolute Gasteiger partial charge is 0.457 e. The van der Waals surface area contributed by atoms with Gasteiger partial charge < -0.3 is 14.2 Å². The van der Waals surface area contributed by atoms with E-state index in [4.69, 9.17) is 9.29 Å². The molecule has 0 radical (unpaired) electrons. The minimum Gasteiger partial charge on any atom is -0.457 e. The van der Waals surface area contributed by atoms with Crippen molar-refractivity contribution in [3.8, 4) is 0 Å². The highest BCUT2D eigenvalue weighted by Crippen LogP contribution is 1.87. The molecule has 18 heavy (non-hydrogen) atoms. The lowest BCUT2D eigenvalue weighted by molar-refractivity contribution is -0.880. The molecule has 0 amide bonds. The lowest BCUT2D eigenvalue weighted by Gasteiger charge is -2.13. The Bertz CT molecular complexity index is 246. The monoisotopic (exact) mass is 280 g/mol. The quantitative estimate of drug-likeness (QED) is 0.275. The Kier molecular flexibility index (Phi) is 15.6. The average Bonchev–Trinajstić information content (AvgIpc) is 2.36. The average molecular weight is 280 g/mol. The van der Waals surface area contributed by atoms with Crippen molar-refractivity contribution >= 4 is 17.0 Å². The van der Waals surface area contributed by atoms with Crippen LogP contribution in [0.3, 0.4) is 0 Å². The minimum absolute atomic E-state index is 0.332. The molecule has 2 atom stereocenters. The first kappa shape index (κ1) is 19.6. The van der Waals surface area contributed by atoms with Crippen molar-refractivity contribution < 1.29 is 23.2 Å². The molecule has 2 N–H and O–H groups in total. The van der Waals surface area contributed by atoms with Crippen molar-refractivity contribution in [1.82, 2.24) is 0 Å². The third kappa shape index (κ3) is 15.3. The molecular weight excluding hydrogens is 254 g/mol. The minimum atomic E-state index is -1.68. The molecule has 0 aliphatic carbocycles. The molecule has 0 saturated heterocycles. The van der Waals surface area contributed by atoms with Gasteiger partial charge in [-0.15, -0.1) is 0 Å². The summed E-state index contributed by atoms with van der Waals surface area (Å²) >= 11 is -1.68. The Morgan fingerprint density at radius 1 is 1.39 bits per heavy atom. The van der Waals surface area contributed by atoms with Gasteiger partial charge in [0, 0.05) is 11.8 Å². The molecule has 0 aromatic heterocycles. The van der Waals surface area contributed by atoms with Crippen LogP contribution in [-0.2, 0) is 20.6 Å². The first-order valence-corrected chi connectivity index (χ1v) is 7.51. The molecule has 0 rings (SSSR count). The second kappa shape index (κ2) is 14.3. The third-order valence-electron chi connectivity index (χ3n) is 2.11. The van der Waals surface area contributed by atoms with Gasteiger partial charge in [-0.05, 0) is 12.8 Å². The van der Waals surface area contributed by atoms with Gasteiger partial charge in [-0.1, -0.05) is 20.4 Å². The van der Waals surface area contributed by atoms with Crippen LogP contribution >= 0.6 is 0 Å². The molecule has 0 spiro atoms. The highest BCUT2D eigenvalue weighted by atomic mass is 32.2. The number of quaternary nitrogens is 1. The summed E-state index contributed by atoms with van der Waals surface area (Å²) in [5, 5.41) is 0. The summed E-state index contributed by atoms with van der Waals surface area (Å²) in [6.45, 7) is 9.32. The smallest absolute Gasteiger partial charge is 0.330 e. The zero-order chi connectivity index (χ0) is 14.4. The van der Waals surface area contributed by atoms with Crippen LogP contribution in [0.15, 0.2) is 12.7 Å². The van der Waals surface area contributed by atoms with Crippen molar-refractivity contribution in [3.05, 3.63) is 12.7 Å².